The second-order valence-corrected chi connectivity index (χ2v) is 4.53. The second kappa shape index (κ2) is 8.89. The van der Waals surface area contributed by atoms with Gasteiger partial charge < -0.3 is 10.0 Å². The number of nitrogens with zero attached hydrogens (tertiary/aromatic N) is 1. The fourth-order valence-corrected chi connectivity index (χ4v) is 2.02. The minimum atomic E-state index is -0.324. The third-order valence-corrected chi connectivity index (χ3v) is 3.16. The number of benzene rings is 1. The normalized spacial score (nSPS) is 14.2. The van der Waals surface area contributed by atoms with Crippen LogP contribution in [0.5, 0.6) is 0 Å². The Kier molecular flexibility index (Phi) is 8.82. The molecule has 2 atom stereocenters. The van der Waals surface area contributed by atoms with E-state index in [1.54, 1.807) is 0 Å². The molecule has 0 saturated heterocycles. The Morgan fingerprint density at radius 2 is 1.71 bits per heavy atom. The van der Waals surface area contributed by atoms with Crippen LogP contribution in [0.3, 0.4) is 0 Å². The van der Waals surface area contributed by atoms with Crippen molar-refractivity contribution in [2.75, 3.05) is 14.1 Å². The number of aliphatic hydroxyl groups is 1. The summed E-state index contributed by atoms with van der Waals surface area (Å²) in [4.78, 5) is 2.23. The van der Waals surface area contributed by atoms with Gasteiger partial charge in [-0.1, -0.05) is 37.3 Å². The molecule has 0 amide bonds. The van der Waals surface area contributed by atoms with Gasteiger partial charge in [-0.3, -0.25) is 0 Å². The molecule has 3 heteroatoms. The summed E-state index contributed by atoms with van der Waals surface area (Å²) in [6.45, 7) is 2.19. The van der Waals surface area contributed by atoms with Crippen LogP contribution < -0.4 is 0 Å². The molecule has 1 aromatic rings. The van der Waals surface area contributed by atoms with E-state index in [-0.39, 0.29) is 30.1 Å². The lowest BCUT2D eigenvalue weighted by Gasteiger charge is -2.24. The monoisotopic (exact) mass is 349 g/mol. The quantitative estimate of drug-likeness (QED) is 0.795. The maximum atomic E-state index is 10.0. The van der Waals surface area contributed by atoms with E-state index in [2.05, 4.69) is 25.9 Å². The molecule has 0 radical (unpaired) electrons. The highest BCUT2D eigenvalue weighted by atomic mass is 127. The van der Waals surface area contributed by atoms with Crippen LogP contribution in [-0.4, -0.2) is 30.1 Å². The minimum absolute atomic E-state index is 0. The van der Waals surface area contributed by atoms with Gasteiger partial charge in [0, 0.05) is 6.04 Å². The highest BCUT2D eigenvalue weighted by Crippen LogP contribution is 2.20. The topological polar surface area (TPSA) is 23.5 Å². The molecular weight excluding hydrogens is 325 g/mol. The van der Waals surface area contributed by atoms with E-state index in [1.807, 2.05) is 30.3 Å². The maximum Gasteiger partial charge on any atom is 0.0790 e. The lowest BCUT2D eigenvalue weighted by atomic mass is 10.0. The molecule has 0 aliphatic rings. The van der Waals surface area contributed by atoms with Gasteiger partial charge >= 0.3 is 0 Å². The third-order valence-electron chi connectivity index (χ3n) is 3.16. The van der Waals surface area contributed by atoms with Crippen LogP contribution in [-0.2, 0) is 0 Å². The summed E-state index contributed by atoms with van der Waals surface area (Å²) in [5.74, 6) is 0. The van der Waals surface area contributed by atoms with Crippen molar-refractivity contribution in [1.29, 1.82) is 0 Å². The lowest BCUT2D eigenvalue weighted by Crippen LogP contribution is -2.27. The van der Waals surface area contributed by atoms with E-state index in [1.165, 1.54) is 0 Å². The Bertz CT molecular complexity index is 290. The number of halogens is 1. The summed E-state index contributed by atoms with van der Waals surface area (Å²) in [7, 11) is 4.20. The molecule has 0 aromatic heterocycles. The van der Waals surface area contributed by atoms with Gasteiger partial charge in [-0.05, 0) is 38.9 Å². The zero-order valence-electron chi connectivity index (χ0n) is 11.0. The average Bonchev–Trinajstić information content (AvgIpc) is 2.30. The van der Waals surface area contributed by atoms with Crippen molar-refractivity contribution in [3.8, 4) is 0 Å². The summed E-state index contributed by atoms with van der Waals surface area (Å²) in [6, 6.07) is 10.5. The molecule has 1 N–H and O–H groups in total. The fourth-order valence-electron chi connectivity index (χ4n) is 2.02. The predicted octanol–water partition coefficient (Wildman–Crippen LogP) is 3.46. The zero-order valence-corrected chi connectivity index (χ0v) is 13.3. The Labute approximate surface area is 122 Å². The number of hydrogen-bond acceptors (Lipinski definition) is 2. The van der Waals surface area contributed by atoms with Gasteiger partial charge in [-0.25, -0.2) is 0 Å². The second-order valence-electron chi connectivity index (χ2n) is 4.53. The van der Waals surface area contributed by atoms with Gasteiger partial charge in [0.2, 0.25) is 0 Å². The van der Waals surface area contributed by atoms with Gasteiger partial charge in [-0.2, -0.15) is 0 Å². The van der Waals surface area contributed by atoms with Crippen LogP contribution in [0, 0.1) is 0 Å². The molecule has 0 heterocycles. The molecule has 0 fully saturated rings. The van der Waals surface area contributed by atoms with Crippen LogP contribution >= 0.6 is 24.0 Å². The number of hydrogen-bond donors (Lipinski definition) is 1. The molecule has 1 rings (SSSR count). The molecule has 0 aliphatic heterocycles. The first-order chi connectivity index (χ1) is 7.65. The van der Waals surface area contributed by atoms with Gasteiger partial charge in [-0.15, -0.1) is 24.0 Å². The van der Waals surface area contributed by atoms with Crippen molar-refractivity contribution in [2.24, 2.45) is 0 Å². The van der Waals surface area contributed by atoms with Crippen LogP contribution in [0.1, 0.15) is 37.9 Å². The van der Waals surface area contributed by atoms with Crippen LogP contribution in [0.15, 0.2) is 30.3 Å². The van der Waals surface area contributed by atoms with Crippen molar-refractivity contribution in [2.45, 2.75) is 38.3 Å². The summed E-state index contributed by atoms with van der Waals surface area (Å²) >= 11 is 0. The summed E-state index contributed by atoms with van der Waals surface area (Å²) in [6.07, 6.45) is 2.68. The highest BCUT2D eigenvalue weighted by Gasteiger charge is 2.12. The highest BCUT2D eigenvalue weighted by molar-refractivity contribution is 14.0. The average molecular weight is 349 g/mol. The van der Waals surface area contributed by atoms with Gasteiger partial charge in [0.15, 0.2) is 0 Å². The molecule has 0 saturated carbocycles. The summed E-state index contributed by atoms with van der Waals surface area (Å²) in [5.41, 5.74) is 1.02. The number of rotatable bonds is 6. The van der Waals surface area contributed by atoms with Crippen molar-refractivity contribution in [3.63, 3.8) is 0 Å². The smallest absolute Gasteiger partial charge is 0.0790 e. The standard InChI is InChI=1S/C14H23NO.HI/c1-4-13(15(2)3)10-11-14(16)12-8-6-5-7-9-12;/h5-9,13-14,16H,4,10-11H2,1-3H3;1H. The van der Waals surface area contributed by atoms with Crippen molar-refractivity contribution in [1.82, 2.24) is 4.90 Å². The molecule has 1 aromatic carbocycles. The Morgan fingerprint density at radius 1 is 1.12 bits per heavy atom. The SMILES string of the molecule is CCC(CCC(O)c1ccccc1)N(C)C.I. The lowest BCUT2D eigenvalue weighted by molar-refractivity contribution is 0.146. The fraction of sp³-hybridized carbons (Fsp3) is 0.571. The summed E-state index contributed by atoms with van der Waals surface area (Å²) in [5, 5.41) is 10.0. The molecule has 2 unspecified atom stereocenters. The van der Waals surface area contributed by atoms with Crippen LogP contribution in [0.25, 0.3) is 0 Å². The Balaban J connectivity index is 0.00000256. The first-order valence-electron chi connectivity index (χ1n) is 6.04. The molecule has 2 nitrogen and oxygen atoms in total. The van der Waals surface area contributed by atoms with Gasteiger partial charge in [0.05, 0.1) is 6.10 Å². The Hall–Kier alpha value is -0.130. The predicted molar refractivity (Wildman–Crippen MR) is 83.8 cm³/mol. The van der Waals surface area contributed by atoms with Crippen LogP contribution in [0.2, 0.25) is 0 Å². The molecule has 17 heavy (non-hydrogen) atoms. The van der Waals surface area contributed by atoms with Crippen molar-refractivity contribution >= 4 is 24.0 Å². The molecule has 0 aliphatic carbocycles. The zero-order chi connectivity index (χ0) is 12.0. The van der Waals surface area contributed by atoms with Crippen molar-refractivity contribution in [3.05, 3.63) is 35.9 Å². The first kappa shape index (κ1) is 16.9. The number of aliphatic hydroxyl groups excluding tert-OH is 1. The van der Waals surface area contributed by atoms with E-state index < -0.39 is 0 Å². The molecule has 0 bridgehead atoms. The first-order valence-corrected chi connectivity index (χ1v) is 6.04. The third kappa shape index (κ3) is 5.84. The van der Waals surface area contributed by atoms with Gasteiger partial charge in [0.25, 0.3) is 0 Å². The summed E-state index contributed by atoms with van der Waals surface area (Å²) < 4.78 is 0. The molecule has 98 valence electrons. The van der Waals surface area contributed by atoms with Crippen molar-refractivity contribution < 1.29 is 5.11 Å². The molecular formula is C14H24INO. The largest absolute Gasteiger partial charge is 0.388 e. The van der Waals surface area contributed by atoms with E-state index in [0.29, 0.717) is 6.04 Å². The van der Waals surface area contributed by atoms with E-state index in [4.69, 9.17) is 0 Å². The minimum Gasteiger partial charge on any atom is -0.388 e. The molecule has 0 spiro atoms. The Morgan fingerprint density at radius 3 is 2.18 bits per heavy atom. The van der Waals surface area contributed by atoms with E-state index in [9.17, 15) is 5.11 Å². The van der Waals surface area contributed by atoms with Crippen LogP contribution in [0.4, 0.5) is 0 Å². The van der Waals surface area contributed by atoms with E-state index in [0.717, 1.165) is 24.8 Å². The van der Waals surface area contributed by atoms with Gasteiger partial charge in [0.1, 0.15) is 0 Å². The van der Waals surface area contributed by atoms with E-state index >= 15 is 0 Å². The maximum absolute atomic E-state index is 10.0.